The van der Waals surface area contributed by atoms with Gasteiger partial charge in [0.15, 0.2) is 0 Å². The molecule has 3 fully saturated rings. The number of hydrogen-bond donors (Lipinski definition) is 0. The van der Waals surface area contributed by atoms with E-state index >= 15 is 0 Å². The lowest BCUT2D eigenvalue weighted by molar-refractivity contribution is 0.0578. The van der Waals surface area contributed by atoms with Gasteiger partial charge in [-0.15, -0.1) is 11.3 Å². The molecule has 2 aliphatic heterocycles. The molecule has 2 aromatic heterocycles. The first-order valence-corrected chi connectivity index (χ1v) is 11.2. The van der Waals surface area contributed by atoms with E-state index in [2.05, 4.69) is 28.8 Å². The first kappa shape index (κ1) is 18.3. The lowest BCUT2D eigenvalue weighted by Crippen LogP contribution is -2.51. The number of likely N-dealkylation sites (N-methyl/N-ethyl adjacent to an activating group) is 1. The number of aryl methyl sites for hydroxylation is 1. The number of thiazole rings is 1. The second kappa shape index (κ2) is 6.63. The number of pyridine rings is 1. The van der Waals surface area contributed by atoms with Crippen LogP contribution in [-0.2, 0) is 0 Å². The van der Waals surface area contributed by atoms with Gasteiger partial charge in [0, 0.05) is 48.0 Å². The van der Waals surface area contributed by atoms with Gasteiger partial charge < -0.3 is 9.80 Å². The predicted octanol–water partition coefficient (Wildman–Crippen LogP) is 3.99. The number of likely N-dealkylation sites (tertiary alicyclic amines) is 2. The number of carbonyl (C=O) groups excluding carboxylic acids is 1. The summed E-state index contributed by atoms with van der Waals surface area (Å²) >= 11 is 1.52. The average molecular weight is 397 g/mol. The fourth-order valence-corrected chi connectivity index (χ4v) is 7.12. The Morgan fingerprint density at radius 3 is 2.82 bits per heavy atom. The predicted molar refractivity (Wildman–Crippen MR) is 111 cm³/mol. The molecule has 4 heterocycles. The van der Waals surface area contributed by atoms with E-state index in [4.69, 9.17) is 4.98 Å². The zero-order valence-electron chi connectivity index (χ0n) is 16.9. The summed E-state index contributed by atoms with van der Waals surface area (Å²) in [4.78, 5) is 28.3. The highest BCUT2D eigenvalue weighted by molar-refractivity contribution is 7.17. The highest BCUT2D eigenvalue weighted by atomic mass is 32.1. The van der Waals surface area contributed by atoms with E-state index in [1.165, 1.54) is 30.6 Å². The zero-order valence-corrected chi connectivity index (χ0v) is 17.7. The molecule has 0 unspecified atom stereocenters. The molecule has 0 radical (unpaired) electrons. The minimum Gasteiger partial charge on any atom is -0.330 e. The quantitative estimate of drug-likeness (QED) is 0.770. The van der Waals surface area contributed by atoms with Gasteiger partial charge in [0.2, 0.25) is 0 Å². The second-order valence-corrected chi connectivity index (χ2v) is 10.0. The molecule has 0 aromatic carbocycles. The van der Waals surface area contributed by atoms with Crippen LogP contribution in [-0.4, -0.2) is 57.4 Å². The largest absolute Gasteiger partial charge is 0.330 e. The fourth-order valence-electron chi connectivity index (χ4n) is 6.11. The normalized spacial score (nSPS) is 32.4. The van der Waals surface area contributed by atoms with E-state index in [9.17, 15) is 4.79 Å². The van der Waals surface area contributed by atoms with Gasteiger partial charge in [-0.2, -0.15) is 0 Å². The summed E-state index contributed by atoms with van der Waals surface area (Å²) in [7, 11) is 2.25. The van der Waals surface area contributed by atoms with Crippen LogP contribution in [0.25, 0.3) is 10.6 Å². The molecular weight excluding hydrogens is 368 g/mol. The Balaban J connectivity index is 1.51. The number of piperidine rings is 1. The summed E-state index contributed by atoms with van der Waals surface area (Å²) in [6.07, 6.45) is 9.63. The highest BCUT2D eigenvalue weighted by Gasteiger charge is 2.59. The molecular formula is C22H28N4OS. The van der Waals surface area contributed by atoms with Gasteiger partial charge in [-0.25, -0.2) is 4.98 Å². The van der Waals surface area contributed by atoms with Gasteiger partial charge in [0.25, 0.3) is 5.91 Å². The number of hydrogen-bond acceptors (Lipinski definition) is 5. The molecule has 148 valence electrons. The number of amides is 1. The summed E-state index contributed by atoms with van der Waals surface area (Å²) < 4.78 is 0. The summed E-state index contributed by atoms with van der Waals surface area (Å²) in [5.74, 6) is 0.194. The lowest BCUT2D eigenvalue weighted by Gasteiger charge is -2.44. The Morgan fingerprint density at radius 2 is 2.07 bits per heavy atom. The molecule has 1 saturated carbocycles. The van der Waals surface area contributed by atoms with E-state index in [1.807, 2.05) is 25.3 Å². The van der Waals surface area contributed by atoms with Crippen molar-refractivity contribution in [1.29, 1.82) is 0 Å². The van der Waals surface area contributed by atoms with E-state index in [1.54, 1.807) is 6.20 Å². The lowest BCUT2D eigenvalue weighted by atomic mass is 9.71. The Hall–Kier alpha value is -1.79. The van der Waals surface area contributed by atoms with Crippen molar-refractivity contribution in [2.45, 2.75) is 64.1 Å². The molecule has 2 saturated heterocycles. The van der Waals surface area contributed by atoms with Gasteiger partial charge in [-0.05, 0) is 45.4 Å². The van der Waals surface area contributed by atoms with Crippen molar-refractivity contribution in [3.05, 3.63) is 35.1 Å². The van der Waals surface area contributed by atoms with Crippen LogP contribution < -0.4 is 0 Å². The Morgan fingerprint density at radius 1 is 1.29 bits per heavy atom. The van der Waals surface area contributed by atoms with Crippen LogP contribution in [0.2, 0.25) is 0 Å². The smallest absolute Gasteiger partial charge is 0.266 e. The second-order valence-electron chi connectivity index (χ2n) is 9.01. The van der Waals surface area contributed by atoms with Crippen molar-refractivity contribution in [1.82, 2.24) is 19.8 Å². The fraction of sp³-hybridized carbons (Fsp3) is 0.591. The standard InChI is InChI=1S/C22H28N4OS/c1-14-19(28-20(24-14)15-7-6-10-23-12-15)21(27)26-16-11-22(2)17(25(3)13-16)8-4-5-9-18(22)26/h6-7,10,12,16-18H,4-5,8-9,11,13H2,1-3H3/t16-,17+,18-,22+/m0/s1. The van der Waals surface area contributed by atoms with Crippen LogP contribution in [0.4, 0.5) is 0 Å². The number of aromatic nitrogens is 2. The SMILES string of the molecule is Cc1nc(-c2cccnc2)sc1C(=O)N1[C@@H]2CN(C)[C@@H]3CCCC[C@H]1[C@]3(C)C2. The summed E-state index contributed by atoms with van der Waals surface area (Å²) in [6.45, 7) is 5.40. The summed E-state index contributed by atoms with van der Waals surface area (Å²) in [5, 5.41) is 0.887. The van der Waals surface area contributed by atoms with Gasteiger partial charge >= 0.3 is 0 Å². The van der Waals surface area contributed by atoms with E-state index in [-0.39, 0.29) is 11.3 Å². The first-order valence-electron chi connectivity index (χ1n) is 10.4. The maximum Gasteiger partial charge on any atom is 0.266 e. The molecule has 1 amide bonds. The number of rotatable bonds is 2. The maximum atomic E-state index is 13.8. The molecule has 5 rings (SSSR count). The Kier molecular flexibility index (Phi) is 4.32. The summed E-state index contributed by atoms with van der Waals surface area (Å²) in [6, 6.07) is 5.20. The molecule has 0 N–H and O–H groups in total. The van der Waals surface area contributed by atoms with Gasteiger partial charge in [0.05, 0.1) is 5.69 Å². The number of carbonyl (C=O) groups is 1. The van der Waals surface area contributed by atoms with Crippen molar-refractivity contribution < 1.29 is 4.79 Å². The van der Waals surface area contributed by atoms with Crippen molar-refractivity contribution in [2.24, 2.45) is 5.41 Å². The van der Waals surface area contributed by atoms with E-state index < -0.39 is 0 Å². The molecule has 2 bridgehead atoms. The highest BCUT2D eigenvalue weighted by Crippen LogP contribution is 2.53. The van der Waals surface area contributed by atoms with Crippen LogP contribution in [0.15, 0.2) is 24.5 Å². The van der Waals surface area contributed by atoms with Crippen molar-refractivity contribution >= 4 is 17.2 Å². The molecule has 2 aromatic rings. The maximum absolute atomic E-state index is 13.8. The molecule has 0 spiro atoms. The van der Waals surface area contributed by atoms with Gasteiger partial charge in [-0.1, -0.05) is 19.8 Å². The third-order valence-corrected chi connectivity index (χ3v) is 8.49. The topological polar surface area (TPSA) is 49.3 Å². The van der Waals surface area contributed by atoms with Crippen LogP contribution in [0.1, 0.15) is 54.4 Å². The minimum absolute atomic E-state index is 0.194. The van der Waals surface area contributed by atoms with Crippen molar-refractivity contribution in [3.8, 4) is 10.6 Å². The monoisotopic (exact) mass is 396 g/mol. The third kappa shape index (κ3) is 2.65. The van der Waals surface area contributed by atoms with E-state index in [0.29, 0.717) is 18.1 Å². The molecule has 6 heteroatoms. The van der Waals surface area contributed by atoms with Crippen molar-refractivity contribution in [2.75, 3.05) is 13.6 Å². The summed E-state index contributed by atoms with van der Waals surface area (Å²) in [5.41, 5.74) is 2.05. The first-order chi connectivity index (χ1) is 13.5. The molecule has 4 atom stereocenters. The van der Waals surface area contributed by atoms with Crippen molar-refractivity contribution in [3.63, 3.8) is 0 Å². The number of fused-ring (bicyclic) bond motifs is 1. The third-order valence-electron chi connectivity index (χ3n) is 7.30. The van der Waals surface area contributed by atoms with Crippen LogP contribution in [0, 0.1) is 12.3 Å². The Bertz CT molecular complexity index is 897. The van der Waals surface area contributed by atoms with Gasteiger partial charge in [0.1, 0.15) is 9.88 Å². The van der Waals surface area contributed by atoms with Crippen LogP contribution in [0.5, 0.6) is 0 Å². The van der Waals surface area contributed by atoms with Crippen LogP contribution >= 0.6 is 11.3 Å². The molecule has 5 nitrogen and oxygen atoms in total. The zero-order chi connectivity index (χ0) is 19.5. The van der Waals surface area contributed by atoms with Gasteiger partial charge in [-0.3, -0.25) is 9.78 Å². The minimum atomic E-state index is 0.194. The van der Waals surface area contributed by atoms with Crippen LogP contribution in [0.3, 0.4) is 0 Å². The van der Waals surface area contributed by atoms with E-state index in [0.717, 1.165) is 40.5 Å². The average Bonchev–Trinajstić information content (AvgIpc) is 3.11. The molecule has 28 heavy (non-hydrogen) atoms. The Labute approximate surface area is 170 Å². The molecule has 3 aliphatic rings. The molecule has 1 aliphatic carbocycles. The number of nitrogens with zero attached hydrogens (tertiary/aromatic N) is 4.